The van der Waals surface area contributed by atoms with Crippen LogP contribution in [0.5, 0.6) is 0 Å². The van der Waals surface area contributed by atoms with E-state index in [1.807, 2.05) is 13.8 Å². The van der Waals surface area contributed by atoms with Crippen LogP contribution in [0.3, 0.4) is 0 Å². The molecule has 0 aliphatic carbocycles. The van der Waals surface area contributed by atoms with Gasteiger partial charge in [-0.2, -0.15) is 0 Å². The highest BCUT2D eigenvalue weighted by molar-refractivity contribution is 6.30. The Bertz CT molecular complexity index is 628. The standard InChI is InChI=1S/C16H20ClN3O3/c1-4-19(5-2)13(21)10-20-14(22)16(3,18-15(20)23)11-6-8-12(17)9-7-11/h6-9H,4-5,10H2,1-3H3,(H,18,23). The molecule has 1 aliphatic heterocycles. The summed E-state index contributed by atoms with van der Waals surface area (Å²) in [6, 6.07) is 6.14. The third-order valence-corrected chi connectivity index (χ3v) is 4.36. The van der Waals surface area contributed by atoms with Crippen molar-refractivity contribution in [1.82, 2.24) is 15.1 Å². The summed E-state index contributed by atoms with van der Waals surface area (Å²) in [6.07, 6.45) is 0. The molecule has 1 unspecified atom stereocenters. The zero-order chi connectivity index (χ0) is 17.2. The van der Waals surface area contributed by atoms with Gasteiger partial charge in [0.05, 0.1) is 0 Å². The van der Waals surface area contributed by atoms with E-state index in [-0.39, 0.29) is 12.5 Å². The second-order valence-electron chi connectivity index (χ2n) is 5.52. The number of benzene rings is 1. The van der Waals surface area contributed by atoms with Crippen LogP contribution < -0.4 is 5.32 Å². The van der Waals surface area contributed by atoms with Crippen LogP contribution in [0.2, 0.25) is 5.02 Å². The van der Waals surface area contributed by atoms with Crippen molar-refractivity contribution in [2.45, 2.75) is 26.3 Å². The van der Waals surface area contributed by atoms with Gasteiger partial charge < -0.3 is 10.2 Å². The maximum atomic E-state index is 12.7. The van der Waals surface area contributed by atoms with Crippen molar-refractivity contribution in [3.05, 3.63) is 34.9 Å². The summed E-state index contributed by atoms with van der Waals surface area (Å²) in [5.74, 6) is -0.691. The maximum absolute atomic E-state index is 12.7. The summed E-state index contributed by atoms with van der Waals surface area (Å²) < 4.78 is 0. The van der Waals surface area contributed by atoms with Crippen LogP contribution >= 0.6 is 11.6 Å². The van der Waals surface area contributed by atoms with Gasteiger partial charge in [-0.25, -0.2) is 4.79 Å². The Labute approximate surface area is 140 Å². The highest BCUT2D eigenvalue weighted by Gasteiger charge is 2.49. The number of imide groups is 1. The van der Waals surface area contributed by atoms with E-state index in [9.17, 15) is 14.4 Å². The van der Waals surface area contributed by atoms with E-state index < -0.39 is 17.5 Å². The SMILES string of the molecule is CCN(CC)C(=O)CN1C(=O)NC(C)(c2ccc(Cl)cc2)C1=O. The molecule has 1 aromatic carbocycles. The minimum absolute atomic E-state index is 0.251. The van der Waals surface area contributed by atoms with Gasteiger partial charge in [0, 0.05) is 18.1 Å². The van der Waals surface area contributed by atoms with Crippen LogP contribution in [0.4, 0.5) is 4.79 Å². The van der Waals surface area contributed by atoms with Gasteiger partial charge in [0.1, 0.15) is 12.1 Å². The largest absolute Gasteiger partial charge is 0.342 e. The van der Waals surface area contributed by atoms with Crippen molar-refractivity contribution in [3.63, 3.8) is 0 Å². The molecule has 0 saturated carbocycles. The number of hydrogen-bond donors (Lipinski definition) is 1. The number of urea groups is 1. The fourth-order valence-electron chi connectivity index (χ4n) is 2.63. The molecule has 6 nitrogen and oxygen atoms in total. The molecule has 1 N–H and O–H groups in total. The quantitative estimate of drug-likeness (QED) is 0.835. The Morgan fingerprint density at radius 3 is 2.30 bits per heavy atom. The third kappa shape index (κ3) is 3.17. The maximum Gasteiger partial charge on any atom is 0.325 e. The average Bonchev–Trinajstić information content (AvgIpc) is 2.73. The first kappa shape index (κ1) is 17.3. The molecule has 1 aliphatic rings. The van der Waals surface area contributed by atoms with E-state index in [4.69, 9.17) is 11.6 Å². The van der Waals surface area contributed by atoms with Gasteiger partial charge in [-0.15, -0.1) is 0 Å². The lowest BCUT2D eigenvalue weighted by molar-refractivity contribution is -0.138. The van der Waals surface area contributed by atoms with Gasteiger partial charge in [-0.1, -0.05) is 23.7 Å². The van der Waals surface area contributed by atoms with Crippen LogP contribution in [-0.2, 0) is 15.1 Å². The number of carbonyl (C=O) groups excluding carboxylic acids is 3. The van der Waals surface area contributed by atoms with Crippen molar-refractivity contribution in [2.24, 2.45) is 0 Å². The van der Waals surface area contributed by atoms with Gasteiger partial charge in [-0.3, -0.25) is 14.5 Å². The molecular formula is C16H20ClN3O3. The lowest BCUT2D eigenvalue weighted by Gasteiger charge is -2.23. The number of nitrogens with one attached hydrogen (secondary N) is 1. The predicted molar refractivity (Wildman–Crippen MR) is 87.0 cm³/mol. The molecule has 2 rings (SSSR count). The fourth-order valence-corrected chi connectivity index (χ4v) is 2.76. The molecule has 0 bridgehead atoms. The molecule has 1 atom stereocenters. The predicted octanol–water partition coefficient (Wildman–Crippen LogP) is 1.98. The summed E-state index contributed by atoms with van der Waals surface area (Å²) in [5.41, 5.74) is -0.566. The van der Waals surface area contributed by atoms with Crippen LogP contribution in [0.1, 0.15) is 26.3 Å². The van der Waals surface area contributed by atoms with Gasteiger partial charge in [0.25, 0.3) is 5.91 Å². The second kappa shape index (κ2) is 6.58. The number of nitrogens with zero attached hydrogens (tertiary/aromatic N) is 2. The molecule has 1 saturated heterocycles. The minimum Gasteiger partial charge on any atom is -0.342 e. The average molecular weight is 338 g/mol. The number of likely N-dealkylation sites (N-methyl/N-ethyl adjacent to an activating group) is 1. The van der Waals surface area contributed by atoms with E-state index in [2.05, 4.69) is 5.32 Å². The molecule has 4 amide bonds. The molecule has 23 heavy (non-hydrogen) atoms. The normalized spacial score (nSPS) is 20.6. The molecule has 0 aromatic heterocycles. The summed E-state index contributed by atoms with van der Waals surface area (Å²) in [4.78, 5) is 39.6. The first-order chi connectivity index (χ1) is 10.8. The Hall–Kier alpha value is -2.08. The number of amides is 4. The van der Waals surface area contributed by atoms with Crippen LogP contribution in [0, 0.1) is 0 Å². The van der Waals surface area contributed by atoms with Crippen LogP contribution in [0.15, 0.2) is 24.3 Å². The number of rotatable bonds is 5. The highest BCUT2D eigenvalue weighted by Crippen LogP contribution is 2.29. The monoisotopic (exact) mass is 337 g/mol. The Morgan fingerprint density at radius 1 is 1.22 bits per heavy atom. The zero-order valence-electron chi connectivity index (χ0n) is 13.4. The second-order valence-corrected chi connectivity index (χ2v) is 5.96. The molecular weight excluding hydrogens is 318 g/mol. The van der Waals surface area contributed by atoms with E-state index in [0.29, 0.717) is 23.7 Å². The Morgan fingerprint density at radius 2 is 1.78 bits per heavy atom. The smallest absolute Gasteiger partial charge is 0.325 e. The van der Waals surface area contributed by atoms with E-state index >= 15 is 0 Å². The zero-order valence-corrected chi connectivity index (χ0v) is 14.2. The molecule has 1 heterocycles. The lowest BCUT2D eigenvalue weighted by atomic mass is 9.92. The van der Waals surface area contributed by atoms with E-state index in [1.54, 1.807) is 36.1 Å². The summed E-state index contributed by atoms with van der Waals surface area (Å²) >= 11 is 5.86. The topological polar surface area (TPSA) is 69.7 Å². The summed E-state index contributed by atoms with van der Waals surface area (Å²) in [7, 11) is 0. The summed E-state index contributed by atoms with van der Waals surface area (Å²) in [6.45, 7) is 6.14. The third-order valence-electron chi connectivity index (χ3n) is 4.11. The number of hydrogen-bond acceptors (Lipinski definition) is 3. The van der Waals surface area contributed by atoms with Crippen molar-refractivity contribution in [2.75, 3.05) is 19.6 Å². The van der Waals surface area contributed by atoms with Crippen molar-refractivity contribution in [1.29, 1.82) is 0 Å². The molecule has 0 spiro atoms. The number of carbonyl (C=O) groups is 3. The highest BCUT2D eigenvalue weighted by atomic mass is 35.5. The minimum atomic E-state index is -1.19. The Kier molecular flexibility index (Phi) is 4.94. The van der Waals surface area contributed by atoms with Gasteiger partial charge in [-0.05, 0) is 38.5 Å². The van der Waals surface area contributed by atoms with E-state index in [1.165, 1.54) is 0 Å². The molecule has 0 radical (unpaired) electrons. The lowest BCUT2D eigenvalue weighted by Crippen LogP contribution is -2.44. The van der Waals surface area contributed by atoms with Crippen LogP contribution in [-0.4, -0.2) is 47.3 Å². The van der Waals surface area contributed by atoms with Crippen molar-refractivity contribution < 1.29 is 14.4 Å². The first-order valence-electron chi connectivity index (χ1n) is 7.51. The Balaban J connectivity index is 2.22. The number of halogens is 1. The molecule has 1 aromatic rings. The van der Waals surface area contributed by atoms with Gasteiger partial charge >= 0.3 is 6.03 Å². The van der Waals surface area contributed by atoms with Crippen molar-refractivity contribution >= 4 is 29.4 Å². The van der Waals surface area contributed by atoms with Gasteiger partial charge in [0.2, 0.25) is 5.91 Å². The summed E-state index contributed by atoms with van der Waals surface area (Å²) in [5, 5.41) is 3.21. The molecule has 7 heteroatoms. The van der Waals surface area contributed by atoms with Crippen LogP contribution in [0.25, 0.3) is 0 Å². The molecule has 124 valence electrons. The molecule has 1 fully saturated rings. The van der Waals surface area contributed by atoms with E-state index in [0.717, 1.165) is 4.90 Å². The fraction of sp³-hybridized carbons (Fsp3) is 0.438. The first-order valence-corrected chi connectivity index (χ1v) is 7.89. The van der Waals surface area contributed by atoms with Crippen molar-refractivity contribution in [3.8, 4) is 0 Å². The van der Waals surface area contributed by atoms with Gasteiger partial charge in [0.15, 0.2) is 0 Å².